The standard InChI is InChI=1S/C16H29N3O/c1-4-5-13-17-16(6-7-16)14(20)19(13)12-15(2)8-10-18(3)11-9-15/h13,17H,4-12H2,1-3H3. The Morgan fingerprint density at radius 2 is 1.90 bits per heavy atom. The second-order valence-corrected chi connectivity index (χ2v) is 7.58. The molecule has 0 aromatic heterocycles. The van der Waals surface area contributed by atoms with Crippen LogP contribution in [0.15, 0.2) is 0 Å². The Labute approximate surface area is 122 Å². The van der Waals surface area contributed by atoms with Gasteiger partial charge in [0.2, 0.25) is 5.91 Å². The Morgan fingerprint density at radius 1 is 1.25 bits per heavy atom. The van der Waals surface area contributed by atoms with Crippen molar-refractivity contribution >= 4 is 5.91 Å². The minimum atomic E-state index is -0.151. The summed E-state index contributed by atoms with van der Waals surface area (Å²) in [6, 6.07) is 0. The van der Waals surface area contributed by atoms with Crippen molar-refractivity contribution in [2.24, 2.45) is 5.41 Å². The molecule has 0 aromatic rings. The molecule has 2 aliphatic heterocycles. The smallest absolute Gasteiger partial charge is 0.244 e. The van der Waals surface area contributed by atoms with Crippen molar-refractivity contribution < 1.29 is 4.79 Å². The number of carbonyl (C=O) groups excluding carboxylic acids is 1. The van der Waals surface area contributed by atoms with Crippen LogP contribution in [0.2, 0.25) is 0 Å². The normalized spacial score (nSPS) is 32.0. The van der Waals surface area contributed by atoms with Crippen LogP contribution in [-0.4, -0.2) is 54.1 Å². The number of hydrogen-bond donors (Lipinski definition) is 1. The van der Waals surface area contributed by atoms with Gasteiger partial charge in [-0.2, -0.15) is 0 Å². The van der Waals surface area contributed by atoms with Gasteiger partial charge in [0.25, 0.3) is 0 Å². The van der Waals surface area contributed by atoms with E-state index in [9.17, 15) is 4.79 Å². The fraction of sp³-hybridized carbons (Fsp3) is 0.938. The zero-order chi connectivity index (χ0) is 14.4. The summed E-state index contributed by atoms with van der Waals surface area (Å²) < 4.78 is 0. The maximum atomic E-state index is 12.7. The van der Waals surface area contributed by atoms with Gasteiger partial charge >= 0.3 is 0 Å². The first kappa shape index (κ1) is 14.3. The molecule has 0 aromatic carbocycles. The molecular weight excluding hydrogens is 250 g/mol. The van der Waals surface area contributed by atoms with Crippen LogP contribution in [0.5, 0.6) is 0 Å². The number of nitrogens with one attached hydrogen (secondary N) is 1. The first-order valence-corrected chi connectivity index (χ1v) is 8.25. The maximum absolute atomic E-state index is 12.7. The van der Waals surface area contributed by atoms with E-state index < -0.39 is 0 Å². The number of amides is 1. The Kier molecular flexibility index (Phi) is 3.57. The SMILES string of the molecule is CCCC1NC2(CC2)C(=O)N1CC1(C)CCN(C)CC1. The van der Waals surface area contributed by atoms with Gasteiger partial charge in [-0.25, -0.2) is 0 Å². The van der Waals surface area contributed by atoms with Crippen LogP contribution >= 0.6 is 0 Å². The third-order valence-electron chi connectivity index (χ3n) is 5.55. The molecule has 2 saturated heterocycles. The summed E-state index contributed by atoms with van der Waals surface area (Å²) in [7, 11) is 2.20. The molecule has 3 rings (SSSR count). The fourth-order valence-corrected chi connectivity index (χ4v) is 3.77. The van der Waals surface area contributed by atoms with Gasteiger partial charge in [0.15, 0.2) is 0 Å². The van der Waals surface area contributed by atoms with E-state index in [-0.39, 0.29) is 11.7 Å². The van der Waals surface area contributed by atoms with Crippen LogP contribution in [0, 0.1) is 5.41 Å². The van der Waals surface area contributed by atoms with Crippen LogP contribution in [0.3, 0.4) is 0 Å². The monoisotopic (exact) mass is 279 g/mol. The van der Waals surface area contributed by atoms with Crippen LogP contribution in [0.25, 0.3) is 0 Å². The van der Waals surface area contributed by atoms with E-state index in [2.05, 4.69) is 36.0 Å². The van der Waals surface area contributed by atoms with E-state index in [1.54, 1.807) is 0 Å². The molecule has 4 heteroatoms. The molecule has 1 aliphatic carbocycles. The van der Waals surface area contributed by atoms with Crippen molar-refractivity contribution in [3.63, 3.8) is 0 Å². The molecule has 1 atom stereocenters. The highest BCUT2D eigenvalue weighted by molar-refractivity contribution is 5.91. The van der Waals surface area contributed by atoms with Crippen molar-refractivity contribution in [1.82, 2.24) is 15.1 Å². The van der Waals surface area contributed by atoms with Crippen molar-refractivity contribution in [3.8, 4) is 0 Å². The Morgan fingerprint density at radius 3 is 2.45 bits per heavy atom. The van der Waals surface area contributed by atoms with Gasteiger partial charge in [-0.3, -0.25) is 10.1 Å². The van der Waals surface area contributed by atoms with Crippen molar-refractivity contribution in [2.45, 2.75) is 64.1 Å². The largest absolute Gasteiger partial charge is 0.325 e. The third-order valence-corrected chi connectivity index (χ3v) is 5.55. The first-order valence-electron chi connectivity index (χ1n) is 8.25. The summed E-state index contributed by atoms with van der Waals surface area (Å²) in [6.45, 7) is 7.85. The number of hydrogen-bond acceptors (Lipinski definition) is 3. The van der Waals surface area contributed by atoms with Gasteiger partial charge in [-0.15, -0.1) is 0 Å². The summed E-state index contributed by atoms with van der Waals surface area (Å²) >= 11 is 0. The van der Waals surface area contributed by atoms with Gasteiger partial charge in [-0.1, -0.05) is 20.3 Å². The zero-order valence-electron chi connectivity index (χ0n) is 13.2. The van der Waals surface area contributed by atoms with Gasteiger partial charge in [0, 0.05) is 6.54 Å². The molecule has 3 fully saturated rings. The lowest BCUT2D eigenvalue weighted by molar-refractivity contribution is -0.132. The number of carbonyl (C=O) groups is 1. The highest BCUT2D eigenvalue weighted by Crippen LogP contribution is 2.44. The number of likely N-dealkylation sites (tertiary alicyclic amines) is 1. The van der Waals surface area contributed by atoms with E-state index >= 15 is 0 Å². The summed E-state index contributed by atoms with van der Waals surface area (Å²) in [6.07, 6.45) is 7.01. The predicted octanol–water partition coefficient (Wildman–Crippen LogP) is 1.81. The van der Waals surface area contributed by atoms with E-state index in [4.69, 9.17) is 0 Å². The molecule has 20 heavy (non-hydrogen) atoms. The lowest BCUT2D eigenvalue weighted by atomic mass is 9.80. The number of rotatable bonds is 4. The van der Waals surface area contributed by atoms with Crippen LogP contribution in [0.4, 0.5) is 0 Å². The third kappa shape index (κ3) is 2.48. The number of piperidine rings is 1. The highest BCUT2D eigenvalue weighted by Gasteiger charge is 2.59. The summed E-state index contributed by atoms with van der Waals surface area (Å²) in [5.74, 6) is 0.385. The van der Waals surface area contributed by atoms with E-state index in [0.29, 0.717) is 11.3 Å². The molecule has 1 unspecified atom stereocenters. The molecule has 1 N–H and O–H groups in total. The van der Waals surface area contributed by atoms with Crippen LogP contribution in [-0.2, 0) is 4.79 Å². The summed E-state index contributed by atoms with van der Waals surface area (Å²) in [4.78, 5) is 17.3. The molecule has 1 saturated carbocycles. The van der Waals surface area contributed by atoms with Crippen LogP contribution < -0.4 is 5.32 Å². The average molecular weight is 279 g/mol. The van der Waals surface area contributed by atoms with Crippen LogP contribution in [0.1, 0.15) is 52.4 Å². The second-order valence-electron chi connectivity index (χ2n) is 7.58. The molecule has 1 spiro atoms. The predicted molar refractivity (Wildman–Crippen MR) is 80.3 cm³/mol. The lowest BCUT2D eigenvalue weighted by Crippen LogP contribution is -2.47. The Hall–Kier alpha value is -0.610. The Balaban J connectivity index is 1.69. The van der Waals surface area contributed by atoms with Gasteiger partial charge in [-0.05, 0) is 57.7 Å². The molecule has 114 valence electrons. The summed E-state index contributed by atoms with van der Waals surface area (Å²) in [5.41, 5.74) is 0.151. The fourth-order valence-electron chi connectivity index (χ4n) is 3.77. The van der Waals surface area contributed by atoms with Crippen molar-refractivity contribution in [1.29, 1.82) is 0 Å². The van der Waals surface area contributed by atoms with E-state index in [0.717, 1.165) is 45.3 Å². The quantitative estimate of drug-likeness (QED) is 0.852. The van der Waals surface area contributed by atoms with Gasteiger partial charge < -0.3 is 9.80 Å². The minimum Gasteiger partial charge on any atom is -0.325 e. The Bertz CT molecular complexity index is 383. The molecule has 1 amide bonds. The van der Waals surface area contributed by atoms with E-state index in [1.165, 1.54) is 12.8 Å². The van der Waals surface area contributed by atoms with Crippen molar-refractivity contribution in [3.05, 3.63) is 0 Å². The topological polar surface area (TPSA) is 35.6 Å². The molecule has 0 radical (unpaired) electrons. The minimum absolute atomic E-state index is 0.151. The lowest BCUT2D eigenvalue weighted by Gasteiger charge is -2.41. The molecule has 4 nitrogen and oxygen atoms in total. The number of nitrogens with zero attached hydrogens (tertiary/aromatic N) is 2. The maximum Gasteiger partial charge on any atom is 0.244 e. The summed E-state index contributed by atoms with van der Waals surface area (Å²) in [5, 5.41) is 3.62. The molecule has 2 heterocycles. The highest BCUT2D eigenvalue weighted by atomic mass is 16.2. The van der Waals surface area contributed by atoms with Gasteiger partial charge in [0.05, 0.1) is 11.7 Å². The second kappa shape index (κ2) is 4.99. The molecule has 3 aliphatic rings. The molecular formula is C16H29N3O. The zero-order valence-corrected chi connectivity index (χ0v) is 13.2. The average Bonchev–Trinajstić information content (AvgIpc) is 3.15. The van der Waals surface area contributed by atoms with Crippen molar-refractivity contribution in [2.75, 3.05) is 26.7 Å². The van der Waals surface area contributed by atoms with Gasteiger partial charge in [0.1, 0.15) is 0 Å². The molecule has 0 bridgehead atoms. The van der Waals surface area contributed by atoms with E-state index in [1.807, 2.05) is 0 Å². The first-order chi connectivity index (χ1) is 9.48.